The molecule has 3 aromatic heterocycles. The topological polar surface area (TPSA) is 77.3 Å². The maximum absolute atomic E-state index is 13.0. The van der Waals surface area contributed by atoms with Gasteiger partial charge in [-0.3, -0.25) is 0 Å². The molecule has 0 bridgehead atoms. The molecule has 9 rings (SSSR count). The van der Waals surface area contributed by atoms with Crippen LogP contribution in [-0.4, -0.2) is 29.9 Å². The van der Waals surface area contributed by atoms with Gasteiger partial charge < -0.3 is 0 Å². The summed E-state index contributed by atoms with van der Waals surface area (Å²) in [6, 6.07) is 19.7. The Bertz CT molecular complexity index is 4600. The molecule has 0 spiro atoms. The minimum Gasteiger partial charge on any atom is -0.247 e. The molecule has 666 valence electrons. The van der Waals surface area contributed by atoms with E-state index in [1.54, 1.807) is 85.1 Å². The van der Waals surface area contributed by atoms with Crippen LogP contribution in [0.1, 0.15) is 292 Å². The van der Waals surface area contributed by atoms with Crippen LogP contribution in [0.2, 0.25) is 0 Å². The van der Waals surface area contributed by atoms with Crippen molar-refractivity contribution in [3.63, 3.8) is 0 Å². The predicted octanol–water partition coefficient (Wildman–Crippen LogP) is 31.9. The number of rotatable bonds is 9. The second-order valence-electron chi connectivity index (χ2n) is 30.3. The predicted molar refractivity (Wildman–Crippen MR) is 413 cm³/mol. The number of benzene rings is 6. The first-order valence-corrected chi connectivity index (χ1v) is 37.9. The number of aromatic nitrogens is 6. The van der Waals surface area contributed by atoms with E-state index in [0.29, 0.717) is 34.6 Å². The summed E-state index contributed by atoms with van der Waals surface area (Å²) in [6.45, 7) is 41.3. The molecule has 6 aromatic carbocycles. The molecule has 0 N–H and O–H groups in total. The summed E-state index contributed by atoms with van der Waals surface area (Å²) in [4.78, 5) is 24.3. The molecule has 0 aliphatic rings. The van der Waals surface area contributed by atoms with Crippen LogP contribution in [-0.2, 0) is 55.6 Å². The third-order valence-corrected chi connectivity index (χ3v) is 18.3. The van der Waals surface area contributed by atoms with E-state index >= 15 is 0 Å². The quantitative estimate of drug-likeness (QED) is 0.134. The summed E-state index contributed by atoms with van der Waals surface area (Å²) >= 11 is 1.81. The van der Waals surface area contributed by atoms with E-state index in [9.17, 15) is 119 Å². The van der Waals surface area contributed by atoms with E-state index in [-0.39, 0.29) is 75.8 Å². The maximum atomic E-state index is 13.0. The van der Waals surface area contributed by atoms with Gasteiger partial charge in [0.05, 0.1) is 55.2 Å². The monoisotopic (exact) mass is 1760 g/mol. The summed E-state index contributed by atoms with van der Waals surface area (Å²) in [5.74, 6) is 0.124. The van der Waals surface area contributed by atoms with Crippen molar-refractivity contribution in [2.75, 3.05) is 0 Å². The van der Waals surface area contributed by atoms with Crippen LogP contribution >= 0.6 is 11.3 Å². The zero-order valence-corrected chi connectivity index (χ0v) is 70.8. The van der Waals surface area contributed by atoms with Crippen molar-refractivity contribution in [1.29, 1.82) is 0 Å². The highest BCUT2D eigenvalue weighted by molar-refractivity contribution is 7.11. The molecule has 0 unspecified atom stereocenters. The lowest BCUT2D eigenvalue weighted by molar-refractivity contribution is -0.146. The number of hydrogen-bond donors (Lipinski definition) is 0. The Morgan fingerprint density at radius 3 is 1.07 bits per heavy atom. The minimum absolute atomic E-state index is 0.00662. The molecular weight excluding hydrogens is 1660 g/mol. The third-order valence-electron chi connectivity index (χ3n) is 16.9. The number of alkyl halides is 27. The Labute approximate surface area is 685 Å². The van der Waals surface area contributed by atoms with Gasteiger partial charge in [-0.15, -0.1) is 11.3 Å². The van der Waals surface area contributed by atoms with Gasteiger partial charge in [-0.25, -0.2) is 29.9 Å². The molecule has 0 amide bonds. The van der Waals surface area contributed by atoms with E-state index in [1.807, 2.05) is 51.2 Å². The van der Waals surface area contributed by atoms with E-state index in [1.165, 1.54) is 75.3 Å². The molecule has 6 nitrogen and oxygen atoms in total. The molecule has 3 heterocycles. The van der Waals surface area contributed by atoms with Gasteiger partial charge in [0, 0.05) is 29.1 Å². The van der Waals surface area contributed by atoms with Crippen molar-refractivity contribution < 1.29 is 119 Å². The van der Waals surface area contributed by atoms with E-state index in [2.05, 4.69) is 71.4 Å². The Morgan fingerprint density at radius 1 is 0.283 bits per heavy atom. The SMILES string of the molecule is CC(C)c1ccc(C(F)(F)F)cc1C(F)(F)F.CC(C)c1ncccn1.Cc1cc(-c2cc(C(F)(F)F)cc(C(F)(F)F)c2)cc(C(C)C)c1.Cc1cc(C(C)C)cc(C(F)(F)F)c1.Cc1cc(C(F)(F)F)cc(C(F)(F)F)c1C(C)C.Cc1ccc(C(F)(F)F)c(C(C)C)c1.Cc1nc(C(C)C)nc(C(F)(F)F)n1.Cc1nc(C)c(C(C)C)s1. The standard InChI is InChI=1S/C18H16F6.C12H12F6.C11H10F6.2C11H13F3.C8H10F3N3.C8H13NS.C7H10N2/c1-10(2)12-4-11(3)5-13(6-12)14-7-15(17(19,20)21)9-16(8-14)18(22,23)24;1-6(2)10-7(3)4-8(11(13,14)15)5-9(10)12(16,17)18;1-6(2)8-4-3-7(10(12,13)14)5-9(8)11(15,16)17;1-7(2)9-4-8(3)5-10(6-9)11(12,13)14;1-7(2)9-6-8(3)4-5-10(9)11(12,13)14;1-4(2)6-12-5(3)13-7(14-6)8(9,10)11;1-5(2)8-6(3)9-7(4)10-8;1-6(2)7-8-4-3-5-9-7/h4-10H,1-3H3;4-6H,1-3H3;3-6H,1-2H3;2*4-7H,1-3H3;4H,1-3H3;5H,1-4H3;3-6H,1-2H3. The molecule has 0 fully saturated rings. The summed E-state index contributed by atoms with van der Waals surface area (Å²) in [5, 5.41) is 1.18. The summed E-state index contributed by atoms with van der Waals surface area (Å²) in [5.41, 5.74) is -3.15. The van der Waals surface area contributed by atoms with Crippen LogP contribution in [0.5, 0.6) is 0 Å². The first-order valence-electron chi connectivity index (χ1n) is 37.1. The number of hydrogen-bond acceptors (Lipinski definition) is 7. The molecule has 0 saturated carbocycles. The largest absolute Gasteiger partial charge is 0.451 e. The molecule has 0 radical (unpaired) electrons. The van der Waals surface area contributed by atoms with E-state index < -0.39 is 118 Å². The van der Waals surface area contributed by atoms with Gasteiger partial charge in [0.1, 0.15) is 17.5 Å². The fourth-order valence-corrected chi connectivity index (χ4v) is 12.1. The lowest BCUT2D eigenvalue weighted by Crippen LogP contribution is -2.15. The molecule has 0 saturated heterocycles. The van der Waals surface area contributed by atoms with Crippen molar-refractivity contribution in [3.8, 4) is 11.1 Å². The molecule has 0 atom stereocenters. The Hall–Kier alpha value is -8.85. The first kappa shape index (κ1) is 107. The minimum atomic E-state index is -4.85. The van der Waals surface area contributed by atoms with Crippen molar-refractivity contribution in [1.82, 2.24) is 29.9 Å². The van der Waals surface area contributed by atoms with E-state index in [0.717, 1.165) is 58.4 Å². The number of thiazole rings is 1. The molecule has 120 heavy (non-hydrogen) atoms. The maximum Gasteiger partial charge on any atom is 0.451 e. The normalized spacial score (nSPS) is 12.3. The van der Waals surface area contributed by atoms with Gasteiger partial charge in [0.2, 0.25) is 5.82 Å². The van der Waals surface area contributed by atoms with Crippen LogP contribution in [0.3, 0.4) is 0 Å². The van der Waals surface area contributed by atoms with Crippen molar-refractivity contribution in [2.45, 2.75) is 262 Å². The second kappa shape index (κ2) is 43.3. The summed E-state index contributed by atoms with van der Waals surface area (Å²) < 4.78 is 340. The number of nitrogens with zero attached hydrogens (tertiary/aromatic N) is 6. The average molecular weight is 1760 g/mol. The lowest BCUT2D eigenvalue weighted by atomic mass is 9.90. The third kappa shape index (κ3) is 34.9. The average Bonchev–Trinajstić information content (AvgIpc) is 0.963. The van der Waals surface area contributed by atoms with Gasteiger partial charge in [-0.1, -0.05) is 170 Å². The van der Waals surface area contributed by atoms with Crippen LogP contribution < -0.4 is 0 Å². The smallest absolute Gasteiger partial charge is 0.247 e. The van der Waals surface area contributed by atoms with Crippen LogP contribution in [0.15, 0.2) is 122 Å². The number of halogens is 27. The zero-order valence-electron chi connectivity index (χ0n) is 70.0. The van der Waals surface area contributed by atoms with Crippen molar-refractivity contribution in [2.24, 2.45) is 0 Å². The molecule has 0 aliphatic carbocycles. The van der Waals surface area contributed by atoms with Gasteiger partial charge >= 0.3 is 55.6 Å². The van der Waals surface area contributed by atoms with Gasteiger partial charge in [-0.05, 0) is 195 Å². The highest BCUT2D eigenvalue weighted by atomic mass is 32.1. The second-order valence-corrected chi connectivity index (χ2v) is 31.5. The van der Waals surface area contributed by atoms with Gasteiger partial charge in [0.25, 0.3) is 0 Å². The van der Waals surface area contributed by atoms with Crippen LogP contribution in [0.4, 0.5) is 119 Å². The van der Waals surface area contributed by atoms with E-state index in [4.69, 9.17) is 0 Å². The summed E-state index contributed by atoms with van der Waals surface area (Å²) in [6.07, 6.45) is -38.3. The fourth-order valence-electron chi connectivity index (χ4n) is 11.2. The van der Waals surface area contributed by atoms with Crippen molar-refractivity contribution in [3.05, 3.63) is 255 Å². The molecule has 9 aromatic rings. The van der Waals surface area contributed by atoms with Crippen LogP contribution in [0.25, 0.3) is 11.1 Å². The van der Waals surface area contributed by atoms with Gasteiger partial charge in [-0.2, -0.15) is 119 Å². The van der Waals surface area contributed by atoms with Gasteiger partial charge in [0.15, 0.2) is 0 Å². The highest BCUT2D eigenvalue weighted by Crippen LogP contribution is 2.45. The van der Waals surface area contributed by atoms with Crippen molar-refractivity contribution >= 4 is 11.3 Å². The molecule has 34 heteroatoms. The Kier molecular flexibility index (Phi) is 38.7. The Balaban J connectivity index is 0.000000472. The fraction of sp³-hybridized carbons (Fsp3) is 0.465. The zero-order chi connectivity index (χ0) is 93.2. The highest BCUT2D eigenvalue weighted by Gasteiger charge is 2.43. The molecule has 0 aliphatic heterocycles. The number of aryl methyl sites for hydroxylation is 7. The van der Waals surface area contributed by atoms with Crippen LogP contribution in [0, 0.1) is 48.5 Å². The first-order chi connectivity index (χ1) is 54.2. The molecular formula is C86H97F27N6S. The Morgan fingerprint density at radius 2 is 0.700 bits per heavy atom. The lowest BCUT2D eigenvalue weighted by Gasteiger charge is -2.20. The summed E-state index contributed by atoms with van der Waals surface area (Å²) in [7, 11) is 0.